The highest BCUT2D eigenvalue weighted by Crippen LogP contribution is 1.76. The van der Waals surface area contributed by atoms with Crippen LogP contribution < -0.4 is 0 Å². The van der Waals surface area contributed by atoms with Gasteiger partial charge in [-0.15, -0.1) is 0 Å². The molecule has 0 aliphatic carbocycles. The number of hydrogen-bond acceptors (Lipinski definition) is 0. The topological polar surface area (TPSA) is 0 Å². The Morgan fingerprint density at radius 2 is 1.00 bits per heavy atom. The predicted molar refractivity (Wildman–Crippen MR) is 61.6 cm³/mol. The first kappa shape index (κ1) is 17.5. The summed E-state index contributed by atoms with van der Waals surface area (Å²) in [7, 11) is 0. The average molecular weight is 170 g/mol. The molecule has 0 aliphatic heterocycles. The van der Waals surface area contributed by atoms with Crippen molar-refractivity contribution < 1.29 is 0 Å². The number of unbranched alkanes of at least 4 members (excludes halogenated alkanes) is 1. The molecule has 74 valence electrons. The largest absolute Gasteiger partial charge is 0.0877 e. The Kier molecular flexibility index (Phi) is 45.8. The van der Waals surface area contributed by atoms with Gasteiger partial charge in [0.2, 0.25) is 0 Å². The summed E-state index contributed by atoms with van der Waals surface area (Å²) in [5.41, 5.74) is 0. The van der Waals surface area contributed by atoms with Gasteiger partial charge < -0.3 is 0 Å². The summed E-state index contributed by atoms with van der Waals surface area (Å²) in [5.74, 6) is 0. The van der Waals surface area contributed by atoms with Crippen molar-refractivity contribution in [2.24, 2.45) is 0 Å². The molecule has 0 radical (unpaired) electrons. The Morgan fingerprint density at radius 3 is 1.08 bits per heavy atom. The Morgan fingerprint density at radius 1 is 0.750 bits per heavy atom. The number of rotatable bonds is 2. The van der Waals surface area contributed by atoms with Crippen molar-refractivity contribution in [3.8, 4) is 0 Å². The Balaban J connectivity index is -0.000000118. The van der Waals surface area contributed by atoms with E-state index in [1.807, 2.05) is 52.0 Å². The molecule has 0 amide bonds. The van der Waals surface area contributed by atoms with Gasteiger partial charge >= 0.3 is 0 Å². The molecule has 0 N–H and O–H groups in total. The molecule has 0 rings (SSSR count). The van der Waals surface area contributed by atoms with Gasteiger partial charge in [0.15, 0.2) is 0 Å². The van der Waals surface area contributed by atoms with Crippen LogP contribution in [0.4, 0.5) is 0 Å². The summed E-state index contributed by atoms with van der Waals surface area (Å²) in [5, 5.41) is 0. The van der Waals surface area contributed by atoms with Gasteiger partial charge in [0.05, 0.1) is 0 Å². The van der Waals surface area contributed by atoms with E-state index in [-0.39, 0.29) is 0 Å². The third-order valence-corrected chi connectivity index (χ3v) is 0.996. The quantitative estimate of drug-likeness (QED) is 0.513. The van der Waals surface area contributed by atoms with Gasteiger partial charge in [-0.1, -0.05) is 64.8 Å². The molecule has 0 aromatic carbocycles. The minimum Gasteiger partial charge on any atom is -0.0877 e. The van der Waals surface area contributed by atoms with Gasteiger partial charge in [-0.3, -0.25) is 0 Å². The second-order valence-electron chi connectivity index (χ2n) is 2.05. The molecule has 0 nitrogen and oxygen atoms in total. The van der Waals surface area contributed by atoms with Crippen molar-refractivity contribution in [3.63, 3.8) is 0 Å². The van der Waals surface area contributed by atoms with Gasteiger partial charge in [-0.25, -0.2) is 0 Å². The highest BCUT2D eigenvalue weighted by Gasteiger charge is 1.56. The third-order valence-electron chi connectivity index (χ3n) is 0.996. The van der Waals surface area contributed by atoms with Crippen LogP contribution in [0, 0.1) is 0 Å². The second kappa shape index (κ2) is 31.4. The molecule has 0 unspecified atom stereocenters. The standard InChI is InChI=1S/C6H10.C4H10.C2H6/c1-3-5-6-4-2;1-3-4-2;1-2/h3-6H,1-2H3;3-4H2,1-2H3;1-2H3/b5-3-,6-4-;;. The summed E-state index contributed by atoms with van der Waals surface area (Å²) < 4.78 is 0. The lowest BCUT2D eigenvalue weighted by Crippen LogP contribution is -1.47. The van der Waals surface area contributed by atoms with Crippen LogP contribution in [0.25, 0.3) is 0 Å². The van der Waals surface area contributed by atoms with E-state index in [9.17, 15) is 0 Å². The molecule has 0 heterocycles. The van der Waals surface area contributed by atoms with Crippen molar-refractivity contribution in [2.75, 3.05) is 0 Å². The zero-order valence-corrected chi connectivity index (χ0v) is 9.72. The fraction of sp³-hybridized carbons (Fsp3) is 0.667. The minimum atomic E-state index is 1.32. The fourth-order valence-corrected chi connectivity index (χ4v) is 0.222. The molecule has 0 aromatic rings. The maximum atomic E-state index is 2.18. The molecule has 0 aromatic heterocycles. The second-order valence-corrected chi connectivity index (χ2v) is 2.05. The molecule has 0 atom stereocenters. The molecule has 0 aliphatic rings. The van der Waals surface area contributed by atoms with E-state index in [1.165, 1.54) is 12.8 Å². The fourth-order valence-electron chi connectivity index (χ4n) is 0.222. The summed E-state index contributed by atoms with van der Waals surface area (Å²) in [6, 6.07) is 0. The first-order chi connectivity index (χ1) is 5.83. The van der Waals surface area contributed by atoms with E-state index in [0.717, 1.165) is 0 Å². The van der Waals surface area contributed by atoms with Crippen LogP contribution in [0.1, 0.15) is 54.4 Å². The molecule has 0 spiro atoms. The highest BCUT2D eigenvalue weighted by atomic mass is 13.6. The summed E-state index contributed by atoms with van der Waals surface area (Å²) in [4.78, 5) is 0. The summed E-state index contributed by atoms with van der Waals surface area (Å²) in [6.07, 6.45) is 10.6. The van der Waals surface area contributed by atoms with Crippen LogP contribution in [-0.2, 0) is 0 Å². The SMILES string of the molecule is C/C=C\C=C/C.CC.CCCC. The Hall–Kier alpha value is -0.520. The number of hydrogen-bond donors (Lipinski definition) is 0. The van der Waals surface area contributed by atoms with Crippen molar-refractivity contribution in [3.05, 3.63) is 24.3 Å². The van der Waals surface area contributed by atoms with E-state index < -0.39 is 0 Å². The van der Waals surface area contributed by atoms with Crippen LogP contribution in [0.3, 0.4) is 0 Å². The van der Waals surface area contributed by atoms with Crippen LogP contribution in [0.5, 0.6) is 0 Å². The van der Waals surface area contributed by atoms with Crippen LogP contribution >= 0.6 is 0 Å². The lowest BCUT2D eigenvalue weighted by atomic mass is 10.4. The molecule has 0 bridgehead atoms. The average Bonchev–Trinajstić information content (AvgIpc) is 2.18. The normalized spacial score (nSPS) is 8.83. The van der Waals surface area contributed by atoms with Gasteiger partial charge in [0.1, 0.15) is 0 Å². The van der Waals surface area contributed by atoms with Crippen LogP contribution in [0.2, 0.25) is 0 Å². The zero-order chi connectivity index (χ0) is 10.2. The first-order valence-electron chi connectivity index (χ1n) is 5.07. The molecule has 0 heteroatoms. The molecule has 0 saturated heterocycles. The monoisotopic (exact) mass is 170 g/mol. The lowest BCUT2D eigenvalue weighted by molar-refractivity contribution is 0.886. The number of allylic oxidation sites excluding steroid dienone is 4. The maximum Gasteiger partial charge on any atom is -0.0467 e. The maximum absolute atomic E-state index is 2.18. The molecule has 12 heavy (non-hydrogen) atoms. The Bertz CT molecular complexity index is 66.0. The van der Waals surface area contributed by atoms with Crippen molar-refractivity contribution in [1.82, 2.24) is 0 Å². The van der Waals surface area contributed by atoms with Gasteiger partial charge in [-0.2, -0.15) is 0 Å². The Labute approximate surface area is 79.4 Å². The third kappa shape index (κ3) is 56.3. The molecular formula is C12H26. The highest BCUT2D eigenvalue weighted by molar-refractivity contribution is 4.98. The molecular weight excluding hydrogens is 144 g/mol. The van der Waals surface area contributed by atoms with E-state index in [1.54, 1.807) is 0 Å². The zero-order valence-electron chi connectivity index (χ0n) is 9.72. The van der Waals surface area contributed by atoms with Crippen molar-refractivity contribution >= 4 is 0 Å². The van der Waals surface area contributed by atoms with Crippen molar-refractivity contribution in [1.29, 1.82) is 0 Å². The van der Waals surface area contributed by atoms with Crippen LogP contribution in [-0.4, -0.2) is 0 Å². The van der Waals surface area contributed by atoms with Crippen LogP contribution in [0.15, 0.2) is 24.3 Å². The smallest absolute Gasteiger partial charge is 0.0467 e. The lowest BCUT2D eigenvalue weighted by Gasteiger charge is -1.68. The molecule has 0 saturated carbocycles. The molecule has 0 fully saturated rings. The predicted octanol–water partition coefficient (Wildman–Crippen LogP) is 4.97. The van der Waals surface area contributed by atoms with Gasteiger partial charge in [-0.05, 0) is 13.8 Å². The minimum absolute atomic E-state index is 1.32. The van der Waals surface area contributed by atoms with E-state index in [0.29, 0.717) is 0 Å². The van der Waals surface area contributed by atoms with E-state index >= 15 is 0 Å². The summed E-state index contributed by atoms with van der Waals surface area (Å²) in [6.45, 7) is 12.4. The van der Waals surface area contributed by atoms with Gasteiger partial charge in [0.25, 0.3) is 0 Å². The van der Waals surface area contributed by atoms with Gasteiger partial charge in [0, 0.05) is 0 Å². The summed E-state index contributed by atoms with van der Waals surface area (Å²) >= 11 is 0. The van der Waals surface area contributed by atoms with E-state index in [4.69, 9.17) is 0 Å². The van der Waals surface area contributed by atoms with E-state index in [2.05, 4.69) is 13.8 Å². The van der Waals surface area contributed by atoms with Crippen molar-refractivity contribution in [2.45, 2.75) is 54.4 Å². The first-order valence-corrected chi connectivity index (χ1v) is 5.07.